The fraction of sp³-hybridized carbons (Fsp3) is 0.533. The maximum absolute atomic E-state index is 11.5. The minimum atomic E-state index is -2.95. The molecule has 1 unspecified atom stereocenters. The summed E-state index contributed by atoms with van der Waals surface area (Å²) >= 11 is 0. The second kappa shape index (κ2) is 5.79. The van der Waals surface area contributed by atoms with Gasteiger partial charge < -0.3 is 4.90 Å². The van der Waals surface area contributed by atoms with Crippen LogP contribution in [0.2, 0.25) is 0 Å². The van der Waals surface area contributed by atoms with Gasteiger partial charge in [-0.15, -0.1) is 0 Å². The second-order valence-electron chi connectivity index (χ2n) is 6.06. The van der Waals surface area contributed by atoms with Crippen LogP contribution >= 0.6 is 0 Å². The Labute approximate surface area is 130 Å². The van der Waals surface area contributed by atoms with Crippen molar-refractivity contribution < 1.29 is 8.42 Å². The van der Waals surface area contributed by atoms with E-state index in [2.05, 4.69) is 19.9 Å². The molecule has 7 heteroatoms. The Morgan fingerprint density at radius 1 is 1.32 bits per heavy atom. The lowest BCUT2D eigenvalue weighted by atomic mass is 10.00. The summed E-state index contributed by atoms with van der Waals surface area (Å²) in [4.78, 5) is 15.4. The van der Waals surface area contributed by atoms with Crippen molar-refractivity contribution in [2.75, 3.05) is 30.0 Å². The molecule has 0 bridgehead atoms. The van der Waals surface area contributed by atoms with E-state index >= 15 is 0 Å². The highest BCUT2D eigenvalue weighted by Crippen LogP contribution is 2.27. The van der Waals surface area contributed by atoms with Crippen molar-refractivity contribution in [2.45, 2.75) is 19.8 Å². The lowest BCUT2D eigenvalue weighted by molar-refractivity contribution is 0.443. The van der Waals surface area contributed by atoms with Crippen LogP contribution in [-0.4, -0.2) is 48.5 Å². The third-order valence-corrected chi connectivity index (χ3v) is 5.04. The van der Waals surface area contributed by atoms with Crippen LogP contribution < -0.4 is 4.90 Å². The molecule has 1 saturated heterocycles. The van der Waals surface area contributed by atoms with Gasteiger partial charge in [-0.3, -0.25) is 0 Å². The van der Waals surface area contributed by atoms with E-state index in [0.29, 0.717) is 6.54 Å². The van der Waals surface area contributed by atoms with Crippen molar-refractivity contribution in [2.24, 2.45) is 5.92 Å². The molecule has 1 aliphatic rings. The Balaban J connectivity index is 1.92. The molecule has 0 aliphatic carbocycles. The van der Waals surface area contributed by atoms with E-state index in [1.165, 1.54) is 6.26 Å². The van der Waals surface area contributed by atoms with Crippen LogP contribution in [0.15, 0.2) is 18.5 Å². The normalized spacial score (nSPS) is 19.5. The quantitative estimate of drug-likeness (QED) is 0.855. The van der Waals surface area contributed by atoms with Crippen LogP contribution in [0.4, 0.5) is 5.82 Å². The van der Waals surface area contributed by atoms with Gasteiger partial charge >= 0.3 is 0 Å². The molecule has 2 aromatic rings. The van der Waals surface area contributed by atoms with E-state index in [1.54, 1.807) is 6.33 Å². The molecule has 3 heterocycles. The van der Waals surface area contributed by atoms with Gasteiger partial charge in [0.05, 0.1) is 11.3 Å². The van der Waals surface area contributed by atoms with Crippen molar-refractivity contribution in [3.63, 3.8) is 0 Å². The summed E-state index contributed by atoms with van der Waals surface area (Å²) in [5.74, 6) is 1.20. The third kappa shape index (κ3) is 3.35. The maximum Gasteiger partial charge on any atom is 0.158 e. The molecule has 0 saturated carbocycles. The summed E-state index contributed by atoms with van der Waals surface area (Å²) in [6, 6.07) is 3.88. The molecule has 3 rings (SSSR count). The number of fused-ring (bicyclic) bond motifs is 1. The number of anilines is 1. The third-order valence-electron chi connectivity index (χ3n) is 3.96. The number of sulfone groups is 1. The zero-order chi connectivity index (χ0) is 15.7. The Kier molecular flexibility index (Phi) is 3.99. The molecule has 22 heavy (non-hydrogen) atoms. The van der Waals surface area contributed by atoms with Crippen LogP contribution in [0, 0.1) is 12.8 Å². The van der Waals surface area contributed by atoms with Gasteiger partial charge in [0.2, 0.25) is 0 Å². The number of hydrogen-bond donors (Lipinski definition) is 0. The monoisotopic (exact) mass is 320 g/mol. The number of hydrogen-bond acceptors (Lipinski definition) is 6. The minimum absolute atomic E-state index is 0.151. The summed E-state index contributed by atoms with van der Waals surface area (Å²) in [5, 5.41) is 0. The SMILES string of the molecule is Cc1ccc2ncnc(N3CCCC(CS(C)(=O)=O)C3)c2n1. The van der Waals surface area contributed by atoms with Gasteiger partial charge in [-0.25, -0.2) is 23.4 Å². The van der Waals surface area contributed by atoms with Gasteiger partial charge in [-0.2, -0.15) is 0 Å². The molecule has 6 nitrogen and oxygen atoms in total. The summed E-state index contributed by atoms with van der Waals surface area (Å²) in [7, 11) is -2.95. The number of nitrogens with zero attached hydrogens (tertiary/aromatic N) is 4. The first-order valence-corrected chi connectivity index (χ1v) is 9.49. The van der Waals surface area contributed by atoms with Gasteiger partial charge in [0, 0.05) is 25.0 Å². The van der Waals surface area contributed by atoms with Crippen LogP contribution in [0.5, 0.6) is 0 Å². The Morgan fingerprint density at radius 3 is 2.91 bits per heavy atom. The largest absolute Gasteiger partial charge is 0.354 e. The van der Waals surface area contributed by atoms with Crippen molar-refractivity contribution in [1.82, 2.24) is 15.0 Å². The van der Waals surface area contributed by atoms with Gasteiger partial charge in [0.25, 0.3) is 0 Å². The molecule has 0 spiro atoms. The van der Waals surface area contributed by atoms with Crippen molar-refractivity contribution in [3.8, 4) is 0 Å². The number of rotatable bonds is 3. The van der Waals surface area contributed by atoms with E-state index in [9.17, 15) is 8.42 Å². The fourth-order valence-electron chi connectivity index (χ4n) is 3.08. The maximum atomic E-state index is 11.5. The highest BCUT2D eigenvalue weighted by molar-refractivity contribution is 7.90. The lowest BCUT2D eigenvalue weighted by Gasteiger charge is -2.33. The average molecular weight is 320 g/mol. The second-order valence-corrected chi connectivity index (χ2v) is 8.25. The number of aromatic nitrogens is 3. The zero-order valence-corrected chi connectivity index (χ0v) is 13.7. The van der Waals surface area contributed by atoms with E-state index in [4.69, 9.17) is 0 Å². The van der Waals surface area contributed by atoms with Gasteiger partial charge in [-0.05, 0) is 37.8 Å². The van der Waals surface area contributed by atoms with Crippen LogP contribution in [0.3, 0.4) is 0 Å². The minimum Gasteiger partial charge on any atom is -0.354 e. The molecule has 118 valence electrons. The van der Waals surface area contributed by atoms with Crippen molar-refractivity contribution >= 4 is 26.7 Å². The van der Waals surface area contributed by atoms with Crippen molar-refractivity contribution in [1.29, 1.82) is 0 Å². The first-order valence-electron chi connectivity index (χ1n) is 7.43. The highest BCUT2D eigenvalue weighted by atomic mass is 32.2. The molecule has 1 atom stereocenters. The predicted molar refractivity (Wildman–Crippen MR) is 86.7 cm³/mol. The van der Waals surface area contributed by atoms with E-state index < -0.39 is 9.84 Å². The van der Waals surface area contributed by atoms with Crippen LogP contribution in [-0.2, 0) is 9.84 Å². The first-order chi connectivity index (χ1) is 10.4. The van der Waals surface area contributed by atoms with Gasteiger partial charge in [0.1, 0.15) is 21.7 Å². The molecule has 1 fully saturated rings. The molecular weight excluding hydrogens is 300 g/mol. The molecule has 0 radical (unpaired) electrons. The van der Waals surface area contributed by atoms with Gasteiger partial charge in [-0.1, -0.05) is 0 Å². The zero-order valence-electron chi connectivity index (χ0n) is 12.9. The lowest BCUT2D eigenvalue weighted by Crippen LogP contribution is -2.38. The number of pyridine rings is 1. The topological polar surface area (TPSA) is 76.1 Å². The summed E-state index contributed by atoms with van der Waals surface area (Å²) in [6.45, 7) is 3.52. The van der Waals surface area contributed by atoms with E-state index in [-0.39, 0.29) is 11.7 Å². The summed E-state index contributed by atoms with van der Waals surface area (Å²) in [6.07, 6.45) is 4.77. The predicted octanol–water partition coefficient (Wildman–Crippen LogP) is 1.59. The number of piperidine rings is 1. The van der Waals surface area contributed by atoms with Crippen LogP contribution in [0.1, 0.15) is 18.5 Å². The Morgan fingerprint density at radius 2 is 2.14 bits per heavy atom. The molecule has 0 amide bonds. The molecule has 0 N–H and O–H groups in total. The molecule has 2 aromatic heterocycles. The fourth-order valence-corrected chi connectivity index (χ4v) is 4.21. The van der Waals surface area contributed by atoms with E-state index in [0.717, 1.165) is 41.9 Å². The van der Waals surface area contributed by atoms with Crippen LogP contribution in [0.25, 0.3) is 11.0 Å². The smallest absolute Gasteiger partial charge is 0.158 e. The molecule has 0 aromatic carbocycles. The first kappa shape index (κ1) is 15.1. The summed E-state index contributed by atoms with van der Waals surface area (Å²) < 4.78 is 23.1. The van der Waals surface area contributed by atoms with Gasteiger partial charge in [0.15, 0.2) is 5.82 Å². The molecule has 1 aliphatic heterocycles. The van der Waals surface area contributed by atoms with Crippen molar-refractivity contribution in [3.05, 3.63) is 24.2 Å². The van der Waals surface area contributed by atoms with E-state index in [1.807, 2.05) is 19.1 Å². The standard InChI is InChI=1S/C15H20N4O2S/c1-11-5-6-13-14(18-11)15(17-10-16-13)19-7-3-4-12(8-19)9-22(2,20)21/h5-6,10,12H,3-4,7-9H2,1-2H3. The summed E-state index contributed by atoms with van der Waals surface area (Å²) in [5.41, 5.74) is 2.54. The molecular formula is C15H20N4O2S. The Bertz CT molecular complexity index is 791. The Hall–Kier alpha value is -1.76. The highest BCUT2D eigenvalue weighted by Gasteiger charge is 2.25. The number of aryl methyl sites for hydroxylation is 1. The average Bonchev–Trinajstić information content (AvgIpc) is 2.45.